The maximum atomic E-state index is 12.7. The first kappa shape index (κ1) is 15.7. The summed E-state index contributed by atoms with van der Waals surface area (Å²) in [5, 5.41) is 8.92. The van der Waals surface area contributed by atoms with Crippen molar-refractivity contribution in [3.63, 3.8) is 0 Å². The van der Waals surface area contributed by atoms with Gasteiger partial charge in [-0.05, 0) is 30.3 Å². The first-order chi connectivity index (χ1) is 11.1. The van der Waals surface area contributed by atoms with E-state index < -0.39 is 10.0 Å². The molecule has 1 fully saturated rings. The summed E-state index contributed by atoms with van der Waals surface area (Å²) in [6, 6.07) is 11.9. The van der Waals surface area contributed by atoms with E-state index in [2.05, 4.69) is 4.90 Å². The van der Waals surface area contributed by atoms with Crippen LogP contribution >= 0.6 is 0 Å². The molecule has 0 aliphatic carbocycles. The van der Waals surface area contributed by atoms with Crippen LogP contribution in [0.3, 0.4) is 0 Å². The van der Waals surface area contributed by atoms with Crippen LogP contribution < -0.4 is 0 Å². The summed E-state index contributed by atoms with van der Waals surface area (Å²) in [6.07, 6.45) is 1.64. The molecule has 2 aromatic rings. The average molecular weight is 331 g/mol. The predicted molar refractivity (Wildman–Crippen MR) is 83.9 cm³/mol. The fourth-order valence-electron chi connectivity index (χ4n) is 2.63. The van der Waals surface area contributed by atoms with E-state index in [1.54, 1.807) is 18.4 Å². The van der Waals surface area contributed by atoms with Crippen LogP contribution in [0.25, 0.3) is 0 Å². The fourth-order valence-corrected chi connectivity index (χ4v) is 4.09. The molecule has 0 amide bonds. The normalized spacial score (nSPS) is 17.0. The summed E-state index contributed by atoms with van der Waals surface area (Å²) < 4.78 is 32.1. The van der Waals surface area contributed by atoms with Crippen LogP contribution in [0.1, 0.15) is 11.3 Å². The second kappa shape index (κ2) is 6.54. The van der Waals surface area contributed by atoms with Gasteiger partial charge in [-0.2, -0.15) is 9.57 Å². The van der Waals surface area contributed by atoms with Gasteiger partial charge in [0.05, 0.1) is 29.3 Å². The number of furan rings is 1. The second-order valence-electron chi connectivity index (χ2n) is 5.40. The lowest BCUT2D eigenvalue weighted by Crippen LogP contribution is -2.48. The van der Waals surface area contributed by atoms with E-state index in [0.29, 0.717) is 38.3 Å². The number of hydrogen-bond acceptors (Lipinski definition) is 5. The first-order valence-corrected chi connectivity index (χ1v) is 8.78. The van der Waals surface area contributed by atoms with E-state index in [9.17, 15) is 8.42 Å². The minimum Gasteiger partial charge on any atom is -0.468 e. The van der Waals surface area contributed by atoms with Crippen molar-refractivity contribution in [2.45, 2.75) is 11.4 Å². The van der Waals surface area contributed by atoms with Crippen molar-refractivity contribution < 1.29 is 12.8 Å². The molecule has 2 heterocycles. The van der Waals surface area contributed by atoms with Crippen LogP contribution in [0.4, 0.5) is 0 Å². The van der Waals surface area contributed by atoms with Gasteiger partial charge in [-0.15, -0.1) is 0 Å². The minimum absolute atomic E-state index is 0.177. The molecule has 0 N–H and O–H groups in total. The van der Waals surface area contributed by atoms with Crippen LogP contribution in [-0.4, -0.2) is 43.8 Å². The van der Waals surface area contributed by atoms with E-state index >= 15 is 0 Å². The van der Waals surface area contributed by atoms with E-state index in [-0.39, 0.29) is 4.90 Å². The van der Waals surface area contributed by atoms with Crippen molar-refractivity contribution in [1.29, 1.82) is 5.26 Å². The Hall–Kier alpha value is -2.14. The SMILES string of the molecule is N#Cc1cccc(S(=O)(=O)N2CCN(Cc3ccco3)CC2)c1. The molecule has 0 radical (unpaired) electrons. The summed E-state index contributed by atoms with van der Waals surface area (Å²) >= 11 is 0. The highest BCUT2D eigenvalue weighted by molar-refractivity contribution is 7.89. The van der Waals surface area contributed by atoms with Gasteiger partial charge in [0.15, 0.2) is 0 Å². The Balaban J connectivity index is 1.67. The minimum atomic E-state index is -3.55. The summed E-state index contributed by atoms with van der Waals surface area (Å²) in [5.41, 5.74) is 0.350. The highest BCUT2D eigenvalue weighted by Gasteiger charge is 2.28. The van der Waals surface area contributed by atoms with Crippen molar-refractivity contribution in [3.8, 4) is 6.07 Å². The topological polar surface area (TPSA) is 77.5 Å². The van der Waals surface area contributed by atoms with Gasteiger partial charge in [0.1, 0.15) is 5.76 Å². The Kier molecular flexibility index (Phi) is 4.48. The Morgan fingerprint density at radius 2 is 1.91 bits per heavy atom. The molecule has 1 aliphatic rings. The Morgan fingerprint density at radius 3 is 2.57 bits per heavy atom. The van der Waals surface area contributed by atoms with E-state index in [1.807, 2.05) is 18.2 Å². The molecule has 0 bridgehead atoms. The third kappa shape index (κ3) is 3.45. The molecular formula is C16H17N3O3S. The number of piperazine rings is 1. The molecule has 0 spiro atoms. The highest BCUT2D eigenvalue weighted by atomic mass is 32.2. The van der Waals surface area contributed by atoms with Gasteiger partial charge in [-0.25, -0.2) is 8.42 Å². The molecule has 23 heavy (non-hydrogen) atoms. The zero-order chi connectivity index (χ0) is 16.3. The van der Waals surface area contributed by atoms with Crippen molar-refractivity contribution in [2.75, 3.05) is 26.2 Å². The van der Waals surface area contributed by atoms with E-state index in [1.165, 1.54) is 16.4 Å². The summed E-state index contributed by atoms with van der Waals surface area (Å²) in [4.78, 5) is 2.34. The van der Waals surface area contributed by atoms with Crippen molar-refractivity contribution >= 4 is 10.0 Å². The Morgan fingerprint density at radius 1 is 1.13 bits per heavy atom. The Bertz CT molecular complexity index is 801. The lowest BCUT2D eigenvalue weighted by Gasteiger charge is -2.33. The lowest BCUT2D eigenvalue weighted by atomic mass is 10.2. The van der Waals surface area contributed by atoms with Crippen molar-refractivity contribution in [3.05, 3.63) is 54.0 Å². The number of hydrogen-bond donors (Lipinski definition) is 0. The maximum Gasteiger partial charge on any atom is 0.243 e. The number of nitrogens with zero attached hydrogens (tertiary/aromatic N) is 3. The smallest absolute Gasteiger partial charge is 0.243 e. The monoisotopic (exact) mass is 331 g/mol. The largest absolute Gasteiger partial charge is 0.468 e. The average Bonchev–Trinajstić information content (AvgIpc) is 3.08. The predicted octanol–water partition coefficient (Wildman–Crippen LogP) is 1.66. The van der Waals surface area contributed by atoms with Crippen LogP contribution in [-0.2, 0) is 16.6 Å². The molecule has 1 saturated heterocycles. The number of benzene rings is 1. The van der Waals surface area contributed by atoms with Crippen LogP contribution in [0.5, 0.6) is 0 Å². The highest BCUT2D eigenvalue weighted by Crippen LogP contribution is 2.19. The molecule has 1 aromatic heterocycles. The number of sulfonamides is 1. The van der Waals surface area contributed by atoms with E-state index in [0.717, 1.165) is 5.76 Å². The van der Waals surface area contributed by atoms with Gasteiger partial charge in [0.25, 0.3) is 0 Å². The second-order valence-corrected chi connectivity index (χ2v) is 7.34. The third-order valence-corrected chi connectivity index (χ3v) is 5.79. The van der Waals surface area contributed by atoms with Crippen LogP contribution in [0.2, 0.25) is 0 Å². The van der Waals surface area contributed by atoms with Crippen LogP contribution in [0.15, 0.2) is 52.0 Å². The summed E-state index contributed by atoms with van der Waals surface area (Å²) in [7, 11) is -3.55. The number of rotatable bonds is 4. The van der Waals surface area contributed by atoms with Crippen molar-refractivity contribution in [1.82, 2.24) is 9.21 Å². The standard InChI is InChI=1S/C16H17N3O3S/c17-12-14-3-1-5-16(11-14)23(20,21)19-8-6-18(7-9-19)13-15-4-2-10-22-15/h1-5,10-11H,6-9,13H2. The van der Waals surface area contributed by atoms with Gasteiger partial charge in [0.2, 0.25) is 10.0 Å². The fraction of sp³-hybridized carbons (Fsp3) is 0.312. The summed E-state index contributed by atoms with van der Waals surface area (Å²) in [5.74, 6) is 0.878. The molecule has 0 unspecified atom stereocenters. The van der Waals surface area contributed by atoms with Crippen molar-refractivity contribution in [2.24, 2.45) is 0 Å². The van der Waals surface area contributed by atoms with E-state index in [4.69, 9.17) is 9.68 Å². The summed E-state index contributed by atoms with van der Waals surface area (Å²) in [6.45, 7) is 2.85. The maximum absolute atomic E-state index is 12.7. The molecule has 1 aromatic carbocycles. The molecule has 3 rings (SSSR count). The first-order valence-electron chi connectivity index (χ1n) is 7.34. The third-order valence-electron chi connectivity index (χ3n) is 3.89. The zero-order valence-corrected chi connectivity index (χ0v) is 13.4. The lowest BCUT2D eigenvalue weighted by molar-refractivity contribution is 0.171. The quantitative estimate of drug-likeness (QED) is 0.851. The molecule has 6 nitrogen and oxygen atoms in total. The number of nitriles is 1. The molecule has 120 valence electrons. The molecule has 0 saturated carbocycles. The zero-order valence-electron chi connectivity index (χ0n) is 12.6. The molecule has 1 aliphatic heterocycles. The van der Waals surface area contributed by atoms with Gasteiger partial charge in [0, 0.05) is 26.2 Å². The molecule has 7 heteroatoms. The van der Waals surface area contributed by atoms with Gasteiger partial charge >= 0.3 is 0 Å². The van der Waals surface area contributed by atoms with Gasteiger partial charge in [-0.1, -0.05) is 6.07 Å². The van der Waals surface area contributed by atoms with Gasteiger partial charge in [-0.3, -0.25) is 4.90 Å². The molecule has 0 atom stereocenters. The molecular weight excluding hydrogens is 314 g/mol. The Labute approximate surface area is 135 Å². The van der Waals surface area contributed by atoms with Gasteiger partial charge < -0.3 is 4.42 Å². The van der Waals surface area contributed by atoms with Crippen LogP contribution in [0, 0.1) is 11.3 Å².